The van der Waals surface area contributed by atoms with Crippen molar-refractivity contribution in [2.24, 2.45) is 0 Å². The summed E-state index contributed by atoms with van der Waals surface area (Å²) in [6.07, 6.45) is 1.60. The predicted molar refractivity (Wildman–Crippen MR) is 53.6 cm³/mol. The van der Waals surface area contributed by atoms with Crippen LogP contribution in [0.15, 0.2) is 24.3 Å². The van der Waals surface area contributed by atoms with Crippen LogP contribution < -0.4 is 4.31 Å². The van der Waals surface area contributed by atoms with E-state index in [0.29, 0.717) is 5.56 Å². The number of nitriles is 1. The number of anilines is 1. The van der Waals surface area contributed by atoms with Gasteiger partial charge in [-0.1, -0.05) is 6.07 Å². The zero-order valence-electron chi connectivity index (χ0n) is 7.52. The van der Waals surface area contributed by atoms with Gasteiger partial charge >= 0.3 is 0 Å². The van der Waals surface area contributed by atoms with Crippen LogP contribution in [-0.4, -0.2) is 17.5 Å². The van der Waals surface area contributed by atoms with Crippen LogP contribution in [0.5, 0.6) is 0 Å². The van der Waals surface area contributed by atoms with E-state index in [0.717, 1.165) is 5.69 Å². The lowest BCUT2D eigenvalue weighted by molar-refractivity contribution is 0.685. The first-order chi connectivity index (χ1) is 6.15. The molecule has 0 saturated carbocycles. The Bertz CT molecular complexity index is 370. The second kappa shape index (κ2) is 4.06. The number of nitrogens with zero attached hydrogens (tertiary/aromatic N) is 2. The first-order valence-corrected chi connectivity index (χ1v) is 5.24. The number of hydrogen-bond donors (Lipinski definition) is 0. The Hall–Kier alpha value is -1.34. The average Bonchev–Trinajstić information content (AvgIpc) is 2.16. The molecule has 0 bridgehead atoms. The first-order valence-electron chi connectivity index (χ1n) is 3.72. The molecule has 0 fully saturated rings. The maximum Gasteiger partial charge on any atom is 0.116 e. The van der Waals surface area contributed by atoms with Gasteiger partial charge in [-0.25, -0.2) is 4.21 Å². The fourth-order valence-corrected chi connectivity index (χ4v) is 1.33. The third kappa shape index (κ3) is 2.30. The lowest BCUT2D eigenvalue weighted by Gasteiger charge is -2.14. The molecule has 4 heteroatoms. The van der Waals surface area contributed by atoms with Gasteiger partial charge in [0.2, 0.25) is 0 Å². The Morgan fingerprint density at radius 3 is 2.77 bits per heavy atom. The van der Waals surface area contributed by atoms with Crippen molar-refractivity contribution in [2.75, 3.05) is 17.6 Å². The Labute approximate surface area is 80.2 Å². The highest BCUT2D eigenvalue weighted by Gasteiger charge is 2.03. The van der Waals surface area contributed by atoms with Gasteiger partial charge in [0.15, 0.2) is 0 Å². The summed E-state index contributed by atoms with van der Waals surface area (Å²) in [5, 5.41) is 8.64. The normalized spacial score (nSPS) is 11.8. The van der Waals surface area contributed by atoms with Crippen LogP contribution in [-0.2, 0) is 11.0 Å². The van der Waals surface area contributed by atoms with Crippen molar-refractivity contribution in [3.05, 3.63) is 29.8 Å². The van der Waals surface area contributed by atoms with Gasteiger partial charge in [0.25, 0.3) is 0 Å². The molecule has 1 atom stereocenters. The van der Waals surface area contributed by atoms with Crippen LogP contribution >= 0.6 is 0 Å². The largest absolute Gasteiger partial charge is 0.295 e. The SMILES string of the molecule is CN(c1cccc(C#N)c1)S(C)=O. The van der Waals surface area contributed by atoms with Gasteiger partial charge in [-0.05, 0) is 18.2 Å². The minimum Gasteiger partial charge on any atom is -0.295 e. The molecular formula is C9H10N2OS. The van der Waals surface area contributed by atoms with Gasteiger partial charge in [-0.15, -0.1) is 0 Å². The van der Waals surface area contributed by atoms with Gasteiger partial charge in [0.05, 0.1) is 17.3 Å². The van der Waals surface area contributed by atoms with Crippen LogP contribution in [0.25, 0.3) is 0 Å². The van der Waals surface area contributed by atoms with E-state index in [1.807, 2.05) is 12.1 Å². The highest BCUT2D eigenvalue weighted by Crippen LogP contribution is 2.14. The molecule has 0 amide bonds. The molecule has 0 heterocycles. The third-order valence-corrected chi connectivity index (χ3v) is 2.71. The zero-order valence-corrected chi connectivity index (χ0v) is 8.34. The van der Waals surface area contributed by atoms with Crippen LogP contribution in [0.1, 0.15) is 5.56 Å². The van der Waals surface area contributed by atoms with Gasteiger partial charge in [0.1, 0.15) is 11.0 Å². The van der Waals surface area contributed by atoms with E-state index in [4.69, 9.17) is 5.26 Å². The van der Waals surface area contributed by atoms with Gasteiger partial charge < -0.3 is 0 Å². The second-order valence-corrected chi connectivity index (χ2v) is 3.98. The first kappa shape index (κ1) is 9.75. The molecule has 0 aliphatic carbocycles. The predicted octanol–water partition coefficient (Wildman–Crippen LogP) is 1.29. The third-order valence-electron chi connectivity index (χ3n) is 1.72. The van der Waals surface area contributed by atoms with Crippen molar-refractivity contribution in [1.29, 1.82) is 5.26 Å². The van der Waals surface area contributed by atoms with Crippen LogP contribution in [0.4, 0.5) is 5.69 Å². The Balaban J connectivity index is 3.03. The van der Waals surface area contributed by atoms with Gasteiger partial charge in [-0.2, -0.15) is 5.26 Å². The summed E-state index contributed by atoms with van der Waals surface area (Å²) in [6.45, 7) is 0. The summed E-state index contributed by atoms with van der Waals surface area (Å²) in [4.78, 5) is 0. The summed E-state index contributed by atoms with van der Waals surface area (Å²) in [6, 6.07) is 9.06. The summed E-state index contributed by atoms with van der Waals surface area (Å²) in [5.41, 5.74) is 1.37. The monoisotopic (exact) mass is 194 g/mol. The minimum absolute atomic E-state index is 0.579. The maximum atomic E-state index is 11.1. The van der Waals surface area contributed by atoms with E-state index in [2.05, 4.69) is 0 Å². The fraction of sp³-hybridized carbons (Fsp3) is 0.222. The molecule has 1 rings (SSSR count). The van der Waals surface area contributed by atoms with Crippen LogP contribution in [0, 0.1) is 11.3 Å². The molecule has 1 aromatic rings. The molecule has 0 aliphatic rings. The number of hydrogen-bond acceptors (Lipinski definition) is 2. The van der Waals surface area contributed by atoms with Crippen LogP contribution in [0.2, 0.25) is 0 Å². The lowest BCUT2D eigenvalue weighted by Crippen LogP contribution is -2.18. The Kier molecular flexibility index (Phi) is 3.04. The van der Waals surface area contributed by atoms with Crippen molar-refractivity contribution < 1.29 is 4.21 Å². The molecule has 3 nitrogen and oxygen atoms in total. The standard InChI is InChI=1S/C9H10N2OS/c1-11(13(2)12)9-5-3-4-8(6-9)7-10/h3-6H,1-2H3. The van der Waals surface area contributed by atoms with E-state index in [9.17, 15) is 4.21 Å². The molecule has 0 radical (unpaired) electrons. The van der Waals surface area contributed by atoms with Crippen molar-refractivity contribution >= 4 is 16.7 Å². The van der Waals surface area contributed by atoms with E-state index in [-0.39, 0.29) is 0 Å². The van der Waals surface area contributed by atoms with Gasteiger partial charge in [0, 0.05) is 13.3 Å². The van der Waals surface area contributed by atoms with E-state index in [1.54, 1.807) is 35.8 Å². The molecule has 1 aromatic carbocycles. The van der Waals surface area contributed by atoms with Crippen molar-refractivity contribution in [2.45, 2.75) is 0 Å². The summed E-state index contributed by atoms with van der Waals surface area (Å²) >= 11 is 0. The Morgan fingerprint density at radius 2 is 2.23 bits per heavy atom. The van der Waals surface area contributed by atoms with E-state index in [1.165, 1.54) is 0 Å². The molecular weight excluding hydrogens is 184 g/mol. The molecule has 68 valence electrons. The van der Waals surface area contributed by atoms with Crippen molar-refractivity contribution in [3.8, 4) is 6.07 Å². The van der Waals surface area contributed by atoms with Crippen LogP contribution in [0.3, 0.4) is 0 Å². The molecule has 0 aliphatic heterocycles. The molecule has 0 saturated heterocycles. The quantitative estimate of drug-likeness (QED) is 0.712. The molecule has 13 heavy (non-hydrogen) atoms. The average molecular weight is 194 g/mol. The number of benzene rings is 1. The smallest absolute Gasteiger partial charge is 0.116 e. The summed E-state index contributed by atoms with van der Waals surface area (Å²) < 4.78 is 12.7. The van der Waals surface area contributed by atoms with Gasteiger partial charge in [-0.3, -0.25) is 4.31 Å². The zero-order chi connectivity index (χ0) is 9.84. The summed E-state index contributed by atoms with van der Waals surface area (Å²) in [5.74, 6) is 0. The second-order valence-electron chi connectivity index (χ2n) is 2.58. The molecule has 0 aromatic heterocycles. The summed E-state index contributed by atoms with van der Waals surface area (Å²) in [7, 11) is 0.681. The minimum atomic E-state index is -1.05. The topological polar surface area (TPSA) is 44.1 Å². The maximum absolute atomic E-state index is 11.1. The molecule has 1 unspecified atom stereocenters. The van der Waals surface area contributed by atoms with E-state index < -0.39 is 11.0 Å². The highest BCUT2D eigenvalue weighted by molar-refractivity contribution is 7.85. The van der Waals surface area contributed by atoms with E-state index >= 15 is 0 Å². The highest BCUT2D eigenvalue weighted by atomic mass is 32.2. The Morgan fingerprint density at radius 1 is 1.54 bits per heavy atom. The van der Waals surface area contributed by atoms with Crippen molar-refractivity contribution in [3.63, 3.8) is 0 Å². The molecule has 0 spiro atoms. The lowest BCUT2D eigenvalue weighted by atomic mass is 10.2. The fourth-order valence-electron chi connectivity index (χ4n) is 0.920. The van der Waals surface area contributed by atoms with Crippen molar-refractivity contribution in [1.82, 2.24) is 0 Å². The molecule has 0 N–H and O–H groups in total. The number of rotatable bonds is 2.